The third-order valence-electron chi connectivity index (χ3n) is 1.62. The standard InChI is InChI=1S/C7H9FN2O2S/c1-4-2-3-5(8)6(9)7(4)13(10,11)12/h2-3H,9H2,1H3,(H2,10,11,12). The van der Waals surface area contributed by atoms with Crippen molar-refractivity contribution in [3.8, 4) is 0 Å². The average molecular weight is 204 g/mol. The molecular weight excluding hydrogens is 195 g/mol. The summed E-state index contributed by atoms with van der Waals surface area (Å²) >= 11 is 0. The number of halogens is 1. The van der Waals surface area contributed by atoms with Crippen LogP contribution in [0.3, 0.4) is 0 Å². The number of hydrogen-bond donors (Lipinski definition) is 2. The highest BCUT2D eigenvalue weighted by Gasteiger charge is 2.17. The van der Waals surface area contributed by atoms with Crippen molar-refractivity contribution in [2.45, 2.75) is 11.8 Å². The lowest BCUT2D eigenvalue weighted by Gasteiger charge is -2.06. The quantitative estimate of drug-likeness (QED) is 0.648. The maximum absolute atomic E-state index is 12.8. The lowest BCUT2D eigenvalue weighted by atomic mass is 10.2. The Morgan fingerprint density at radius 3 is 2.31 bits per heavy atom. The topological polar surface area (TPSA) is 86.2 Å². The number of nitrogen functional groups attached to an aromatic ring is 1. The molecule has 1 rings (SSSR count). The molecule has 0 aromatic heterocycles. The number of nitrogens with two attached hydrogens (primary N) is 2. The van der Waals surface area contributed by atoms with Crippen molar-refractivity contribution in [2.75, 3.05) is 5.73 Å². The fraction of sp³-hybridized carbons (Fsp3) is 0.143. The molecule has 1 aromatic rings. The molecule has 0 saturated carbocycles. The Morgan fingerprint density at radius 2 is 1.92 bits per heavy atom. The van der Waals surface area contributed by atoms with Gasteiger partial charge < -0.3 is 5.73 Å². The van der Waals surface area contributed by atoms with E-state index < -0.39 is 21.5 Å². The zero-order chi connectivity index (χ0) is 10.2. The zero-order valence-corrected chi connectivity index (χ0v) is 7.73. The van der Waals surface area contributed by atoms with Crippen LogP contribution in [0.4, 0.5) is 10.1 Å². The number of sulfonamides is 1. The van der Waals surface area contributed by atoms with Gasteiger partial charge in [0.25, 0.3) is 0 Å². The van der Waals surface area contributed by atoms with Gasteiger partial charge in [-0.2, -0.15) is 0 Å². The molecule has 0 saturated heterocycles. The van der Waals surface area contributed by atoms with Gasteiger partial charge in [0.2, 0.25) is 10.0 Å². The SMILES string of the molecule is Cc1ccc(F)c(N)c1S(N)(=O)=O. The highest BCUT2D eigenvalue weighted by atomic mass is 32.2. The summed E-state index contributed by atoms with van der Waals surface area (Å²) in [5.74, 6) is -0.783. The molecule has 4 nitrogen and oxygen atoms in total. The number of rotatable bonds is 1. The van der Waals surface area contributed by atoms with Crippen LogP contribution < -0.4 is 10.9 Å². The van der Waals surface area contributed by atoms with Gasteiger partial charge in [-0.25, -0.2) is 17.9 Å². The second-order valence-corrected chi connectivity index (χ2v) is 4.15. The number of aryl methyl sites for hydroxylation is 1. The summed E-state index contributed by atoms with van der Waals surface area (Å²) in [6.45, 7) is 1.50. The first kappa shape index (κ1) is 9.94. The summed E-state index contributed by atoms with van der Waals surface area (Å²) in [5.41, 5.74) is 5.14. The van der Waals surface area contributed by atoms with E-state index in [0.29, 0.717) is 5.56 Å². The molecule has 0 atom stereocenters. The van der Waals surface area contributed by atoms with Crippen LogP contribution in [0.2, 0.25) is 0 Å². The molecule has 0 aliphatic rings. The minimum Gasteiger partial charge on any atom is -0.395 e. The lowest BCUT2D eigenvalue weighted by molar-refractivity contribution is 0.593. The van der Waals surface area contributed by atoms with Gasteiger partial charge in [0.05, 0.1) is 5.69 Å². The number of benzene rings is 1. The Kier molecular flexibility index (Phi) is 2.27. The molecule has 13 heavy (non-hydrogen) atoms. The molecule has 6 heteroatoms. The van der Waals surface area contributed by atoms with Crippen LogP contribution in [0.5, 0.6) is 0 Å². The van der Waals surface area contributed by atoms with Gasteiger partial charge in [-0.15, -0.1) is 0 Å². The fourth-order valence-electron chi connectivity index (χ4n) is 1.06. The third kappa shape index (κ3) is 1.78. The minimum atomic E-state index is -3.95. The molecule has 72 valence electrons. The van der Waals surface area contributed by atoms with Crippen molar-refractivity contribution in [2.24, 2.45) is 5.14 Å². The smallest absolute Gasteiger partial charge is 0.240 e. The largest absolute Gasteiger partial charge is 0.395 e. The summed E-state index contributed by atoms with van der Waals surface area (Å²) in [7, 11) is -3.95. The lowest BCUT2D eigenvalue weighted by Crippen LogP contribution is -2.16. The molecule has 0 amide bonds. The van der Waals surface area contributed by atoms with Crippen LogP contribution in [-0.4, -0.2) is 8.42 Å². The normalized spacial score (nSPS) is 11.6. The highest BCUT2D eigenvalue weighted by Crippen LogP contribution is 2.23. The molecular formula is C7H9FN2O2S. The van der Waals surface area contributed by atoms with Gasteiger partial charge in [0.1, 0.15) is 10.7 Å². The molecule has 0 unspecified atom stereocenters. The third-order valence-corrected chi connectivity index (χ3v) is 2.74. The first-order valence-corrected chi connectivity index (χ1v) is 4.96. The summed E-state index contributed by atoms with van der Waals surface area (Å²) < 4.78 is 34.8. The summed E-state index contributed by atoms with van der Waals surface area (Å²) in [6, 6.07) is 2.41. The molecule has 0 aliphatic carbocycles. The predicted octanol–water partition coefficient (Wildman–Crippen LogP) is 0.364. The fourth-order valence-corrected chi connectivity index (χ4v) is 1.98. The maximum Gasteiger partial charge on any atom is 0.240 e. The monoisotopic (exact) mass is 204 g/mol. The molecule has 0 spiro atoms. The Hall–Kier alpha value is -1.14. The Balaban J connectivity index is 3.62. The minimum absolute atomic E-state index is 0.335. The van der Waals surface area contributed by atoms with Crippen molar-refractivity contribution in [3.05, 3.63) is 23.5 Å². The number of hydrogen-bond acceptors (Lipinski definition) is 3. The van der Waals surface area contributed by atoms with E-state index in [2.05, 4.69) is 0 Å². The summed E-state index contributed by atoms with van der Waals surface area (Å²) in [5, 5.41) is 4.85. The molecule has 0 bridgehead atoms. The van der Waals surface area contributed by atoms with E-state index in [1.165, 1.54) is 13.0 Å². The summed E-state index contributed by atoms with van der Waals surface area (Å²) in [4.78, 5) is -0.340. The van der Waals surface area contributed by atoms with Gasteiger partial charge in [-0.3, -0.25) is 0 Å². The second-order valence-electron chi connectivity index (χ2n) is 2.65. The Labute approximate surface area is 75.4 Å². The second kappa shape index (κ2) is 2.97. The van der Waals surface area contributed by atoms with Crippen molar-refractivity contribution >= 4 is 15.7 Å². The van der Waals surface area contributed by atoms with Crippen LogP contribution >= 0.6 is 0 Å². The van der Waals surface area contributed by atoms with Gasteiger partial charge in [0, 0.05) is 0 Å². The van der Waals surface area contributed by atoms with Crippen LogP contribution in [0.25, 0.3) is 0 Å². The van der Waals surface area contributed by atoms with Gasteiger partial charge in [-0.05, 0) is 18.6 Å². The number of primary sulfonamides is 1. The van der Waals surface area contributed by atoms with Crippen LogP contribution in [0, 0.1) is 12.7 Å². The molecule has 4 N–H and O–H groups in total. The highest BCUT2D eigenvalue weighted by molar-refractivity contribution is 7.89. The van der Waals surface area contributed by atoms with E-state index in [1.54, 1.807) is 0 Å². The molecule has 0 fully saturated rings. The van der Waals surface area contributed by atoms with Gasteiger partial charge in [0.15, 0.2) is 0 Å². The Bertz CT molecular complexity index is 442. The van der Waals surface area contributed by atoms with E-state index >= 15 is 0 Å². The molecule has 0 aliphatic heterocycles. The van der Waals surface area contributed by atoms with E-state index in [1.807, 2.05) is 0 Å². The molecule has 0 heterocycles. The average Bonchev–Trinajstić information content (AvgIpc) is 1.95. The first-order valence-electron chi connectivity index (χ1n) is 3.41. The van der Waals surface area contributed by atoms with Crippen molar-refractivity contribution < 1.29 is 12.8 Å². The van der Waals surface area contributed by atoms with Gasteiger partial charge in [-0.1, -0.05) is 6.07 Å². The van der Waals surface area contributed by atoms with Crippen molar-refractivity contribution in [1.29, 1.82) is 0 Å². The molecule has 0 radical (unpaired) electrons. The van der Waals surface area contributed by atoms with Crippen LogP contribution in [0.1, 0.15) is 5.56 Å². The van der Waals surface area contributed by atoms with Gasteiger partial charge >= 0.3 is 0 Å². The van der Waals surface area contributed by atoms with Crippen LogP contribution in [0.15, 0.2) is 17.0 Å². The first-order chi connectivity index (χ1) is 5.84. The zero-order valence-electron chi connectivity index (χ0n) is 6.91. The Morgan fingerprint density at radius 1 is 1.38 bits per heavy atom. The van der Waals surface area contributed by atoms with E-state index in [9.17, 15) is 12.8 Å². The maximum atomic E-state index is 12.8. The number of anilines is 1. The van der Waals surface area contributed by atoms with E-state index in [0.717, 1.165) is 6.07 Å². The van der Waals surface area contributed by atoms with Crippen molar-refractivity contribution in [1.82, 2.24) is 0 Å². The molecule has 1 aromatic carbocycles. The van der Waals surface area contributed by atoms with E-state index in [-0.39, 0.29) is 4.90 Å². The summed E-state index contributed by atoms with van der Waals surface area (Å²) in [6.07, 6.45) is 0. The van der Waals surface area contributed by atoms with Crippen molar-refractivity contribution in [3.63, 3.8) is 0 Å². The van der Waals surface area contributed by atoms with Crippen LogP contribution in [-0.2, 0) is 10.0 Å². The van der Waals surface area contributed by atoms with E-state index in [4.69, 9.17) is 10.9 Å². The predicted molar refractivity (Wildman–Crippen MR) is 46.9 cm³/mol.